The van der Waals surface area contributed by atoms with Crippen molar-refractivity contribution < 1.29 is 22.7 Å². The summed E-state index contributed by atoms with van der Waals surface area (Å²) in [5.41, 5.74) is 1.18. The largest absolute Gasteiger partial charge is 0.573 e. The van der Waals surface area contributed by atoms with Gasteiger partial charge in [0.1, 0.15) is 17.0 Å². The first-order valence-electron chi connectivity index (χ1n) is 9.06. The average molecular weight is 428 g/mol. The highest BCUT2D eigenvalue weighted by molar-refractivity contribution is 6.05. The Kier molecular flexibility index (Phi) is 4.97. The number of aromatic nitrogens is 3. The lowest BCUT2D eigenvalue weighted by Gasteiger charge is -2.10. The van der Waals surface area contributed by atoms with Crippen LogP contribution in [0.4, 0.5) is 18.9 Å². The lowest BCUT2D eigenvalue weighted by molar-refractivity contribution is -0.274. The van der Waals surface area contributed by atoms with E-state index in [1.165, 1.54) is 18.3 Å². The molecule has 0 radical (unpaired) electrons. The molecule has 2 heterocycles. The number of alkyl halides is 3. The minimum absolute atomic E-state index is 0.154. The van der Waals surface area contributed by atoms with Gasteiger partial charge in [0.15, 0.2) is 0 Å². The first-order chi connectivity index (χ1) is 14.7. The van der Waals surface area contributed by atoms with E-state index in [0.717, 1.165) is 17.8 Å². The lowest BCUT2D eigenvalue weighted by Crippen LogP contribution is -2.22. The normalized spacial score (nSPS) is 11.5. The number of carbonyl (C=O) groups is 1. The predicted octanol–water partition coefficient (Wildman–Crippen LogP) is 4.17. The summed E-state index contributed by atoms with van der Waals surface area (Å²) >= 11 is 0. The molecule has 0 fully saturated rings. The van der Waals surface area contributed by atoms with Crippen LogP contribution in [0.1, 0.15) is 16.1 Å². The fraction of sp³-hybridized carbons (Fsp3) is 0.0952. The number of pyridine rings is 1. The third-order valence-electron chi connectivity index (χ3n) is 4.48. The Morgan fingerprint density at radius 2 is 1.77 bits per heavy atom. The molecule has 31 heavy (non-hydrogen) atoms. The predicted molar refractivity (Wildman–Crippen MR) is 108 cm³/mol. The molecule has 1 amide bonds. The van der Waals surface area contributed by atoms with Crippen LogP contribution in [0.25, 0.3) is 16.7 Å². The number of nitrogens with zero attached hydrogens (tertiary/aromatic N) is 2. The van der Waals surface area contributed by atoms with Gasteiger partial charge in [-0.15, -0.1) is 13.2 Å². The summed E-state index contributed by atoms with van der Waals surface area (Å²) < 4.78 is 42.1. The summed E-state index contributed by atoms with van der Waals surface area (Å²) in [5.74, 6) is -1.13. The van der Waals surface area contributed by atoms with Crippen LogP contribution < -0.4 is 15.5 Å². The van der Waals surface area contributed by atoms with Crippen molar-refractivity contribution in [2.75, 3.05) is 5.32 Å². The Morgan fingerprint density at radius 1 is 1.10 bits per heavy atom. The van der Waals surface area contributed by atoms with Gasteiger partial charge in [0.25, 0.3) is 5.91 Å². The molecule has 0 saturated heterocycles. The maximum absolute atomic E-state index is 13.0. The van der Waals surface area contributed by atoms with Crippen molar-refractivity contribution in [3.05, 3.63) is 82.3 Å². The molecule has 4 rings (SSSR count). The Bertz CT molecular complexity index is 1310. The molecule has 158 valence electrons. The highest BCUT2D eigenvalue weighted by atomic mass is 19.4. The number of amides is 1. The summed E-state index contributed by atoms with van der Waals surface area (Å²) in [6.07, 6.45) is -3.53. The highest BCUT2D eigenvalue weighted by Gasteiger charge is 2.31. The summed E-state index contributed by atoms with van der Waals surface area (Å²) in [6, 6.07) is 13.8. The molecule has 0 unspecified atom stereocenters. The van der Waals surface area contributed by atoms with Crippen LogP contribution in [0.15, 0.2) is 65.6 Å². The summed E-state index contributed by atoms with van der Waals surface area (Å²) in [5, 5.41) is 7.15. The Hall–Kier alpha value is -4.08. The molecule has 0 aliphatic carbocycles. The van der Waals surface area contributed by atoms with Crippen molar-refractivity contribution in [3.63, 3.8) is 0 Å². The van der Waals surface area contributed by atoms with Gasteiger partial charge in [-0.05, 0) is 43.3 Å². The number of H-pyrrole nitrogens is 1. The number of benzene rings is 2. The Balaban J connectivity index is 1.63. The topological polar surface area (TPSA) is 89.0 Å². The van der Waals surface area contributed by atoms with Gasteiger partial charge < -0.3 is 15.0 Å². The van der Waals surface area contributed by atoms with Crippen molar-refractivity contribution in [2.45, 2.75) is 13.3 Å². The zero-order valence-electron chi connectivity index (χ0n) is 16.0. The molecule has 7 nitrogen and oxygen atoms in total. The third kappa shape index (κ3) is 4.13. The molecule has 2 N–H and O–H groups in total. The molecule has 0 spiro atoms. The molecule has 2 aromatic carbocycles. The molecule has 0 aliphatic heterocycles. The van der Waals surface area contributed by atoms with Crippen LogP contribution in [0.3, 0.4) is 0 Å². The quantitative estimate of drug-likeness (QED) is 0.511. The molecular formula is C21H15F3N4O3. The Labute approximate surface area is 173 Å². The van der Waals surface area contributed by atoms with E-state index in [1.54, 1.807) is 11.6 Å². The minimum atomic E-state index is -4.81. The van der Waals surface area contributed by atoms with E-state index in [4.69, 9.17) is 0 Å². The van der Waals surface area contributed by atoms with Gasteiger partial charge in [-0.3, -0.25) is 9.59 Å². The van der Waals surface area contributed by atoms with Gasteiger partial charge in [0, 0.05) is 11.9 Å². The second kappa shape index (κ2) is 7.63. The van der Waals surface area contributed by atoms with Crippen LogP contribution >= 0.6 is 0 Å². The number of ether oxygens (including phenoxy) is 1. The van der Waals surface area contributed by atoms with E-state index in [9.17, 15) is 22.8 Å². The molecule has 0 saturated carbocycles. The molecule has 0 bridgehead atoms. The van der Waals surface area contributed by atoms with Crippen molar-refractivity contribution in [1.82, 2.24) is 14.8 Å². The fourth-order valence-corrected chi connectivity index (χ4v) is 3.14. The van der Waals surface area contributed by atoms with Gasteiger partial charge in [-0.1, -0.05) is 18.2 Å². The van der Waals surface area contributed by atoms with Gasteiger partial charge in [0.2, 0.25) is 5.43 Å². The Morgan fingerprint density at radius 3 is 2.42 bits per heavy atom. The highest BCUT2D eigenvalue weighted by Crippen LogP contribution is 2.24. The number of para-hydroxylation sites is 1. The van der Waals surface area contributed by atoms with E-state index >= 15 is 0 Å². The number of aryl methyl sites for hydroxylation is 1. The number of anilines is 1. The van der Waals surface area contributed by atoms with Gasteiger partial charge in [-0.2, -0.15) is 5.10 Å². The second-order valence-electron chi connectivity index (χ2n) is 6.61. The van der Waals surface area contributed by atoms with Crippen LogP contribution in [0.2, 0.25) is 0 Å². The summed E-state index contributed by atoms with van der Waals surface area (Å²) in [7, 11) is 0. The van der Waals surface area contributed by atoms with Crippen molar-refractivity contribution in [3.8, 4) is 11.4 Å². The van der Waals surface area contributed by atoms with Crippen LogP contribution in [0.5, 0.6) is 5.75 Å². The van der Waals surface area contributed by atoms with Gasteiger partial charge >= 0.3 is 6.36 Å². The number of halogens is 3. The van der Waals surface area contributed by atoms with Crippen LogP contribution in [-0.4, -0.2) is 27.0 Å². The number of aromatic amines is 1. The zero-order valence-corrected chi connectivity index (χ0v) is 16.0. The summed E-state index contributed by atoms with van der Waals surface area (Å²) in [4.78, 5) is 28.5. The summed E-state index contributed by atoms with van der Waals surface area (Å²) in [6.45, 7) is 1.66. The van der Waals surface area contributed by atoms with Crippen molar-refractivity contribution in [1.29, 1.82) is 0 Å². The van der Waals surface area contributed by atoms with Crippen molar-refractivity contribution in [2.24, 2.45) is 0 Å². The number of fused-ring (bicyclic) bond motifs is 1. The van der Waals surface area contributed by atoms with E-state index in [0.29, 0.717) is 11.3 Å². The maximum Gasteiger partial charge on any atom is 0.573 e. The van der Waals surface area contributed by atoms with E-state index < -0.39 is 23.4 Å². The van der Waals surface area contributed by atoms with Gasteiger partial charge in [-0.25, -0.2) is 4.68 Å². The molecule has 2 aromatic heterocycles. The standard InChI is InChI=1S/C21H15F3N4O3/c1-12-17-18(29)16(11-25-19(17)28(27-12)14-5-3-2-4-6-14)20(30)26-13-7-9-15(10-8-13)31-21(22,23)24/h2-11H,1H3,(H,25,29)(H,26,30). The molecule has 10 heteroatoms. The number of carbonyl (C=O) groups excluding carboxylic acids is 1. The average Bonchev–Trinajstić information content (AvgIpc) is 3.06. The van der Waals surface area contributed by atoms with Crippen LogP contribution in [0, 0.1) is 6.92 Å². The van der Waals surface area contributed by atoms with E-state index in [1.807, 2.05) is 30.3 Å². The molecule has 4 aromatic rings. The minimum Gasteiger partial charge on any atom is -0.406 e. The molecular weight excluding hydrogens is 413 g/mol. The first kappa shape index (κ1) is 20.2. The smallest absolute Gasteiger partial charge is 0.406 e. The van der Waals surface area contributed by atoms with E-state index in [2.05, 4.69) is 20.1 Å². The second-order valence-corrected chi connectivity index (χ2v) is 6.61. The fourth-order valence-electron chi connectivity index (χ4n) is 3.14. The number of hydrogen-bond donors (Lipinski definition) is 2. The SMILES string of the molecule is Cc1nn(-c2ccccc2)c2[nH]cc(C(=O)Nc3ccc(OC(F)(F)F)cc3)c(=O)c12. The van der Waals surface area contributed by atoms with Crippen molar-refractivity contribution >= 4 is 22.6 Å². The molecule has 0 atom stereocenters. The number of nitrogens with one attached hydrogen (secondary N) is 2. The number of rotatable bonds is 4. The van der Waals surface area contributed by atoms with Crippen LogP contribution in [-0.2, 0) is 0 Å². The maximum atomic E-state index is 13.0. The molecule has 0 aliphatic rings. The zero-order chi connectivity index (χ0) is 22.2. The number of hydrogen-bond acceptors (Lipinski definition) is 4. The first-order valence-corrected chi connectivity index (χ1v) is 9.06. The monoisotopic (exact) mass is 428 g/mol. The third-order valence-corrected chi connectivity index (χ3v) is 4.48. The van der Waals surface area contributed by atoms with Gasteiger partial charge in [0.05, 0.1) is 16.8 Å². The lowest BCUT2D eigenvalue weighted by atomic mass is 10.1. The van der Waals surface area contributed by atoms with E-state index in [-0.39, 0.29) is 16.6 Å².